The Balaban J connectivity index is 2.33. The normalized spacial score (nSPS) is 23.1. The Bertz CT molecular complexity index is 194. The molecule has 82 valence electrons. The summed E-state index contributed by atoms with van der Waals surface area (Å²) in [5.74, 6) is 1.32. The van der Waals surface area contributed by atoms with Crippen molar-refractivity contribution < 1.29 is 4.74 Å². The zero-order valence-electron chi connectivity index (χ0n) is 9.20. The van der Waals surface area contributed by atoms with E-state index in [-0.39, 0.29) is 0 Å². The maximum absolute atomic E-state index is 5.86. The number of methoxy groups -OCH3 is 1. The number of nitrogens with zero attached hydrogens (tertiary/aromatic N) is 2. The average Bonchev–Trinajstić information content (AvgIpc) is 2.63. The van der Waals surface area contributed by atoms with Gasteiger partial charge in [-0.2, -0.15) is 0 Å². The lowest BCUT2D eigenvalue weighted by Gasteiger charge is -2.17. The van der Waals surface area contributed by atoms with Gasteiger partial charge in [0.25, 0.3) is 0 Å². The number of hydrogen-bond acceptors (Lipinski definition) is 2. The third-order valence-electron chi connectivity index (χ3n) is 2.51. The summed E-state index contributed by atoms with van der Waals surface area (Å²) >= 11 is 0. The summed E-state index contributed by atoms with van der Waals surface area (Å²) in [6.45, 7) is 5.78. The Hall–Kier alpha value is -0.770. The fourth-order valence-corrected chi connectivity index (χ4v) is 1.74. The molecule has 1 heterocycles. The van der Waals surface area contributed by atoms with Crippen LogP contribution in [-0.2, 0) is 4.74 Å². The number of rotatable bonds is 4. The van der Waals surface area contributed by atoms with E-state index in [1.807, 2.05) is 0 Å². The molecule has 1 saturated heterocycles. The molecule has 2 N–H and O–H groups in total. The number of aliphatic imine (C=N–C) groups is 1. The van der Waals surface area contributed by atoms with Gasteiger partial charge in [0.1, 0.15) is 0 Å². The molecule has 0 radical (unpaired) electrons. The summed E-state index contributed by atoms with van der Waals surface area (Å²) in [5, 5.41) is 0. The molecular weight excluding hydrogens is 178 g/mol. The molecule has 0 bridgehead atoms. The number of guanidine groups is 1. The second kappa shape index (κ2) is 5.86. The quantitative estimate of drug-likeness (QED) is 0.535. The molecule has 1 atom stereocenters. The van der Waals surface area contributed by atoms with Crippen molar-refractivity contribution in [2.45, 2.75) is 19.8 Å². The summed E-state index contributed by atoms with van der Waals surface area (Å²) in [6, 6.07) is 0. The van der Waals surface area contributed by atoms with Gasteiger partial charge in [0.05, 0.1) is 6.61 Å². The van der Waals surface area contributed by atoms with Crippen molar-refractivity contribution in [3.8, 4) is 0 Å². The van der Waals surface area contributed by atoms with E-state index in [2.05, 4.69) is 16.8 Å². The molecular formula is C10H21N3O. The van der Waals surface area contributed by atoms with Gasteiger partial charge in [-0.1, -0.05) is 6.92 Å². The van der Waals surface area contributed by atoms with Gasteiger partial charge in [-0.3, -0.25) is 4.99 Å². The highest BCUT2D eigenvalue weighted by atomic mass is 16.5. The first-order valence-electron chi connectivity index (χ1n) is 5.31. The topological polar surface area (TPSA) is 50.8 Å². The van der Waals surface area contributed by atoms with Crippen LogP contribution in [0.2, 0.25) is 0 Å². The maximum atomic E-state index is 5.86. The summed E-state index contributed by atoms with van der Waals surface area (Å²) in [5.41, 5.74) is 5.86. The van der Waals surface area contributed by atoms with E-state index < -0.39 is 0 Å². The number of likely N-dealkylation sites (tertiary alicyclic amines) is 1. The van der Waals surface area contributed by atoms with Gasteiger partial charge in [0, 0.05) is 32.7 Å². The number of ether oxygens (including phenoxy) is 1. The van der Waals surface area contributed by atoms with Gasteiger partial charge in [-0.25, -0.2) is 0 Å². The maximum Gasteiger partial charge on any atom is 0.191 e. The third kappa shape index (κ3) is 3.18. The lowest BCUT2D eigenvalue weighted by molar-refractivity contribution is 0.157. The van der Waals surface area contributed by atoms with E-state index in [1.165, 1.54) is 0 Å². The highest BCUT2D eigenvalue weighted by molar-refractivity contribution is 5.78. The molecule has 0 aliphatic carbocycles. The van der Waals surface area contributed by atoms with E-state index in [0.29, 0.717) is 11.9 Å². The second-order valence-corrected chi connectivity index (χ2v) is 3.80. The number of nitrogens with two attached hydrogens (primary N) is 1. The molecule has 0 amide bonds. The van der Waals surface area contributed by atoms with Crippen molar-refractivity contribution in [2.75, 3.05) is 33.4 Å². The molecule has 4 heteroatoms. The Morgan fingerprint density at radius 1 is 1.64 bits per heavy atom. The standard InChI is InChI=1S/C10H21N3O/c1-3-5-12-10(11)13-6-4-9(7-13)8-14-2/h9H,3-8H2,1-2H3,(H2,11,12). The minimum absolute atomic E-state index is 0.621. The fourth-order valence-electron chi connectivity index (χ4n) is 1.74. The van der Waals surface area contributed by atoms with Crippen molar-refractivity contribution in [3.63, 3.8) is 0 Å². The van der Waals surface area contributed by atoms with Crippen molar-refractivity contribution in [2.24, 2.45) is 16.6 Å². The van der Waals surface area contributed by atoms with Crippen LogP contribution < -0.4 is 5.73 Å². The van der Waals surface area contributed by atoms with Crippen LogP contribution in [0.3, 0.4) is 0 Å². The first kappa shape index (κ1) is 11.3. The first-order valence-corrected chi connectivity index (χ1v) is 5.31. The zero-order chi connectivity index (χ0) is 10.4. The van der Waals surface area contributed by atoms with Gasteiger partial charge in [-0.15, -0.1) is 0 Å². The van der Waals surface area contributed by atoms with Gasteiger partial charge >= 0.3 is 0 Å². The van der Waals surface area contributed by atoms with Crippen molar-refractivity contribution in [1.29, 1.82) is 0 Å². The Labute approximate surface area is 86.1 Å². The summed E-state index contributed by atoms with van der Waals surface area (Å²) in [6.07, 6.45) is 2.21. The lowest BCUT2D eigenvalue weighted by Crippen LogP contribution is -2.36. The number of hydrogen-bond donors (Lipinski definition) is 1. The lowest BCUT2D eigenvalue weighted by atomic mass is 10.1. The summed E-state index contributed by atoms with van der Waals surface area (Å²) in [4.78, 5) is 6.45. The first-order chi connectivity index (χ1) is 6.77. The minimum atomic E-state index is 0.621. The minimum Gasteiger partial charge on any atom is -0.384 e. The van der Waals surface area contributed by atoms with Gasteiger partial charge < -0.3 is 15.4 Å². The van der Waals surface area contributed by atoms with Crippen LogP contribution in [0.15, 0.2) is 4.99 Å². The monoisotopic (exact) mass is 199 g/mol. The van der Waals surface area contributed by atoms with Crippen LogP contribution >= 0.6 is 0 Å². The van der Waals surface area contributed by atoms with E-state index in [4.69, 9.17) is 10.5 Å². The molecule has 0 aromatic heterocycles. The van der Waals surface area contributed by atoms with Crippen LogP contribution in [0.1, 0.15) is 19.8 Å². The molecule has 1 fully saturated rings. The Morgan fingerprint density at radius 2 is 2.43 bits per heavy atom. The predicted octanol–water partition coefficient (Wildman–Crippen LogP) is 0.679. The predicted molar refractivity (Wildman–Crippen MR) is 58.3 cm³/mol. The van der Waals surface area contributed by atoms with Crippen LogP contribution in [0.4, 0.5) is 0 Å². The molecule has 14 heavy (non-hydrogen) atoms. The Kier molecular flexibility index (Phi) is 4.73. The molecule has 0 aromatic rings. The average molecular weight is 199 g/mol. The van der Waals surface area contributed by atoms with Gasteiger partial charge in [0.2, 0.25) is 0 Å². The highest BCUT2D eigenvalue weighted by Crippen LogP contribution is 2.15. The van der Waals surface area contributed by atoms with Crippen molar-refractivity contribution >= 4 is 5.96 Å². The van der Waals surface area contributed by atoms with Crippen molar-refractivity contribution in [3.05, 3.63) is 0 Å². The van der Waals surface area contributed by atoms with Crippen LogP contribution in [0.25, 0.3) is 0 Å². The largest absolute Gasteiger partial charge is 0.384 e. The molecule has 1 rings (SSSR count). The summed E-state index contributed by atoms with van der Waals surface area (Å²) in [7, 11) is 1.75. The molecule has 1 aliphatic heterocycles. The molecule has 0 aromatic carbocycles. The van der Waals surface area contributed by atoms with E-state index in [1.54, 1.807) is 7.11 Å². The SMILES string of the molecule is CCCN=C(N)N1CCC(COC)C1. The van der Waals surface area contributed by atoms with E-state index in [0.717, 1.165) is 39.1 Å². The van der Waals surface area contributed by atoms with Crippen LogP contribution in [0.5, 0.6) is 0 Å². The zero-order valence-corrected chi connectivity index (χ0v) is 9.20. The summed E-state index contributed by atoms with van der Waals surface area (Å²) < 4.78 is 5.13. The molecule has 1 aliphatic rings. The third-order valence-corrected chi connectivity index (χ3v) is 2.51. The smallest absolute Gasteiger partial charge is 0.191 e. The van der Waals surface area contributed by atoms with Gasteiger partial charge in [0.15, 0.2) is 5.96 Å². The molecule has 0 saturated carbocycles. The molecule has 0 spiro atoms. The van der Waals surface area contributed by atoms with Crippen LogP contribution in [0, 0.1) is 5.92 Å². The highest BCUT2D eigenvalue weighted by Gasteiger charge is 2.23. The van der Waals surface area contributed by atoms with E-state index in [9.17, 15) is 0 Å². The van der Waals surface area contributed by atoms with Crippen molar-refractivity contribution in [1.82, 2.24) is 4.90 Å². The van der Waals surface area contributed by atoms with Crippen LogP contribution in [-0.4, -0.2) is 44.2 Å². The molecule has 4 nitrogen and oxygen atoms in total. The van der Waals surface area contributed by atoms with Gasteiger partial charge in [-0.05, 0) is 12.8 Å². The van der Waals surface area contributed by atoms with E-state index >= 15 is 0 Å². The fraction of sp³-hybridized carbons (Fsp3) is 0.900. The Morgan fingerprint density at radius 3 is 3.07 bits per heavy atom. The molecule has 1 unspecified atom stereocenters. The second-order valence-electron chi connectivity index (χ2n) is 3.80.